The first-order chi connectivity index (χ1) is 11.2. The number of carbonyl (C=O) groups excluding carboxylic acids is 1. The van der Waals surface area contributed by atoms with Crippen LogP contribution in [0.15, 0.2) is 5.38 Å². The summed E-state index contributed by atoms with van der Waals surface area (Å²) < 4.78 is 11.6. The van der Waals surface area contributed by atoms with E-state index in [2.05, 4.69) is 4.98 Å². The summed E-state index contributed by atoms with van der Waals surface area (Å²) in [7, 11) is 0. The number of likely N-dealkylation sites (tertiary alicyclic amines) is 1. The molecule has 1 amide bonds. The van der Waals surface area contributed by atoms with E-state index in [-0.39, 0.29) is 18.1 Å². The third-order valence-electron chi connectivity index (χ3n) is 4.59. The molecule has 1 aromatic heterocycles. The van der Waals surface area contributed by atoms with Crippen molar-refractivity contribution in [2.45, 2.75) is 64.3 Å². The first kappa shape index (κ1) is 16.9. The zero-order chi connectivity index (χ0) is 16.1. The molecule has 2 atom stereocenters. The smallest absolute Gasteiger partial charge is 0.222 e. The maximum Gasteiger partial charge on any atom is 0.222 e. The molecule has 1 aromatic rings. The topological polar surface area (TPSA) is 51.7 Å². The second kappa shape index (κ2) is 8.22. The number of thiazole rings is 1. The number of hydrogen-bond donors (Lipinski definition) is 0. The van der Waals surface area contributed by atoms with Gasteiger partial charge in [0.15, 0.2) is 0 Å². The van der Waals surface area contributed by atoms with E-state index >= 15 is 0 Å². The SMILES string of the molecule is Cc1nc(CO[C@H]2CCN(C(=O)CC[C@H]3CCCCO3)C2)cs1. The highest BCUT2D eigenvalue weighted by molar-refractivity contribution is 7.09. The van der Waals surface area contributed by atoms with E-state index in [1.807, 2.05) is 17.2 Å². The van der Waals surface area contributed by atoms with Gasteiger partial charge in [0.2, 0.25) is 5.91 Å². The Morgan fingerprint density at radius 2 is 2.39 bits per heavy atom. The van der Waals surface area contributed by atoms with Gasteiger partial charge in [-0.25, -0.2) is 4.98 Å². The van der Waals surface area contributed by atoms with Crippen LogP contribution in [0, 0.1) is 6.92 Å². The molecule has 0 bridgehead atoms. The van der Waals surface area contributed by atoms with Gasteiger partial charge in [-0.15, -0.1) is 11.3 Å². The van der Waals surface area contributed by atoms with Gasteiger partial charge in [0.1, 0.15) is 0 Å². The Hall–Kier alpha value is -0.980. The number of rotatable bonds is 6. The fourth-order valence-corrected chi connectivity index (χ4v) is 3.84. The van der Waals surface area contributed by atoms with Crippen LogP contribution in [-0.4, -0.2) is 47.7 Å². The van der Waals surface area contributed by atoms with Crippen LogP contribution in [0.1, 0.15) is 49.2 Å². The molecule has 0 spiro atoms. The molecule has 0 radical (unpaired) electrons. The fourth-order valence-electron chi connectivity index (χ4n) is 3.25. The molecule has 3 rings (SSSR count). The molecule has 6 heteroatoms. The van der Waals surface area contributed by atoms with Crippen LogP contribution < -0.4 is 0 Å². The normalized spacial score (nSPS) is 25.0. The highest BCUT2D eigenvalue weighted by atomic mass is 32.1. The molecule has 0 N–H and O–H groups in total. The number of aryl methyl sites for hydroxylation is 1. The molecule has 2 fully saturated rings. The van der Waals surface area contributed by atoms with E-state index in [9.17, 15) is 4.79 Å². The average molecular weight is 338 g/mol. The van der Waals surface area contributed by atoms with Gasteiger partial charge in [-0.2, -0.15) is 0 Å². The molecular weight excluding hydrogens is 312 g/mol. The Morgan fingerprint density at radius 3 is 3.13 bits per heavy atom. The summed E-state index contributed by atoms with van der Waals surface area (Å²) in [5.74, 6) is 0.245. The lowest BCUT2D eigenvalue weighted by molar-refractivity contribution is -0.131. The second-order valence-corrected chi connectivity index (χ2v) is 7.51. The van der Waals surface area contributed by atoms with E-state index in [1.165, 1.54) is 6.42 Å². The second-order valence-electron chi connectivity index (χ2n) is 6.45. The van der Waals surface area contributed by atoms with Crippen molar-refractivity contribution >= 4 is 17.2 Å². The summed E-state index contributed by atoms with van der Waals surface area (Å²) in [5, 5.41) is 3.11. The average Bonchev–Trinajstić information content (AvgIpc) is 3.20. The Balaban J connectivity index is 1.35. The number of aromatic nitrogens is 1. The number of hydrogen-bond acceptors (Lipinski definition) is 5. The van der Waals surface area contributed by atoms with Crippen molar-refractivity contribution in [3.8, 4) is 0 Å². The summed E-state index contributed by atoms with van der Waals surface area (Å²) in [6.07, 6.45) is 6.31. The molecule has 23 heavy (non-hydrogen) atoms. The van der Waals surface area contributed by atoms with Gasteiger partial charge >= 0.3 is 0 Å². The predicted molar refractivity (Wildman–Crippen MR) is 89.5 cm³/mol. The third kappa shape index (κ3) is 4.99. The Morgan fingerprint density at radius 1 is 1.48 bits per heavy atom. The molecular formula is C17H26N2O3S. The van der Waals surface area contributed by atoms with Crippen molar-refractivity contribution in [2.75, 3.05) is 19.7 Å². The number of nitrogens with zero attached hydrogens (tertiary/aromatic N) is 2. The van der Waals surface area contributed by atoms with E-state index < -0.39 is 0 Å². The predicted octanol–water partition coefficient (Wildman–Crippen LogP) is 2.92. The zero-order valence-corrected chi connectivity index (χ0v) is 14.6. The first-order valence-corrected chi connectivity index (χ1v) is 9.50. The molecule has 2 aliphatic heterocycles. The van der Waals surface area contributed by atoms with Crippen molar-refractivity contribution < 1.29 is 14.3 Å². The van der Waals surface area contributed by atoms with E-state index in [1.54, 1.807) is 11.3 Å². The Labute approximate surface area is 142 Å². The minimum atomic E-state index is 0.145. The highest BCUT2D eigenvalue weighted by Crippen LogP contribution is 2.20. The van der Waals surface area contributed by atoms with Crippen LogP contribution in [0.2, 0.25) is 0 Å². The van der Waals surface area contributed by atoms with Crippen molar-refractivity contribution in [1.82, 2.24) is 9.88 Å². The monoisotopic (exact) mass is 338 g/mol. The quantitative estimate of drug-likeness (QED) is 0.800. The van der Waals surface area contributed by atoms with Crippen LogP contribution in [0.5, 0.6) is 0 Å². The lowest BCUT2D eigenvalue weighted by atomic mass is 10.0. The van der Waals surface area contributed by atoms with Crippen LogP contribution in [0.25, 0.3) is 0 Å². The third-order valence-corrected chi connectivity index (χ3v) is 5.41. The minimum absolute atomic E-state index is 0.145. The first-order valence-electron chi connectivity index (χ1n) is 8.62. The number of amides is 1. The maximum absolute atomic E-state index is 12.3. The molecule has 0 aliphatic carbocycles. The Kier molecular flexibility index (Phi) is 6.02. The van der Waals surface area contributed by atoms with E-state index in [0.29, 0.717) is 19.6 Å². The van der Waals surface area contributed by atoms with Crippen molar-refractivity contribution in [3.05, 3.63) is 16.1 Å². The van der Waals surface area contributed by atoms with Crippen molar-refractivity contribution in [3.63, 3.8) is 0 Å². The van der Waals surface area contributed by atoms with Crippen LogP contribution >= 0.6 is 11.3 Å². The van der Waals surface area contributed by atoms with Gasteiger partial charge in [-0.3, -0.25) is 4.79 Å². The molecule has 2 saturated heterocycles. The minimum Gasteiger partial charge on any atom is -0.378 e. The summed E-state index contributed by atoms with van der Waals surface area (Å²) >= 11 is 1.64. The maximum atomic E-state index is 12.3. The van der Waals surface area contributed by atoms with E-state index in [0.717, 1.165) is 49.5 Å². The summed E-state index contributed by atoms with van der Waals surface area (Å²) in [4.78, 5) is 18.7. The standard InChI is InChI=1S/C17H26N2O3S/c1-13-18-14(12-23-13)11-22-16-7-8-19(10-16)17(20)6-5-15-4-2-3-9-21-15/h12,15-16H,2-11H2,1H3/t15-,16+/m1/s1. The van der Waals surface area contributed by atoms with Crippen molar-refractivity contribution in [2.24, 2.45) is 0 Å². The van der Waals surface area contributed by atoms with Crippen LogP contribution in [-0.2, 0) is 20.9 Å². The van der Waals surface area contributed by atoms with E-state index in [4.69, 9.17) is 9.47 Å². The fraction of sp³-hybridized carbons (Fsp3) is 0.765. The van der Waals surface area contributed by atoms with Crippen LogP contribution in [0.4, 0.5) is 0 Å². The molecule has 128 valence electrons. The van der Waals surface area contributed by atoms with Gasteiger partial charge in [0, 0.05) is 31.5 Å². The van der Waals surface area contributed by atoms with Gasteiger partial charge < -0.3 is 14.4 Å². The lowest BCUT2D eigenvalue weighted by Gasteiger charge is -2.23. The lowest BCUT2D eigenvalue weighted by Crippen LogP contribution is -2.31. The molecule has 5 nitrogen and oxygen atoms in total. The summed E-state index contributed by atoms with van der Waals surface area (Å²) in [6.45, 7) is 4.93. The molecule has 0 aromatic carbocycles. The molecule has 0 saturated carbocycles. The highest BCUT2D eigenvalue weighted by Gasteiger charge is 2.27. The van der Waals surface area contributed by atoms with Gasteiger partial charge in [-0.05, 0) is 39.0 Å². The number of carbonyl (C=O) groups is 1. The van der Waals surface area contributed by atoms with Crippen molar-refractivity contribution in [1.29, 1.82) is 0 Å². The summed E-state index contributed by atoms with van der Waals surface area (Å²) in [6, 6.07) is 0. The molecule has 3 heterocycles. The van der Waals surface area contributed by atoms with Crippen LogP contribution in [0.3, 0.4) is 0 Å². The zero-order valence-electron chi connectivity index (χ0n) is 13.8. The molecule has 2 aliphatic rings. The largest absolute Gasteiger partial charge is 0.378 e. The molecule has 0 unspecified atom stereocenters. The number of ether oxygens (including phenoxy) is 2. The Bertz CT molecular complexity index is 514. The summed E-state index contributed by atoms with van der Waals surface area (Å²) in [5.41, 5.74) is 0.992. The van der Waals surface area contributed by atoms with Gasteiger partial charge in [0.05, 0.1) is 29.5 Å². The van der Waals surface area contributed by atoms with Gasteiger partial charge in [0.25, 0.3) is 0 Å². The van der Waals surface area contributed by atoms with Gasteiger partial charge in [-0.1, -0.05) is 0 Å².